The zero-order valence-electron chi connectivity index (χ0n) is 20.3. The minimum absolute atomic E-state index is 0.00261. The lowest BCUT2D eigenvalue weighted by Crippen LogP contribution is -2.14. The third-order valence-electron chi connectivity index (χ3n) is 8.23. The van der Waals surface area contributed by atoms with Gasteiger partial charge in [-0.15, -0.1) is 0 Å². The molecule has 8 rings (SSSR count). The second-order valence-corrected chi connectivity index (χ2v) is 10.6. The lowest BCUT2D eigenvalue weighted by molar-refractivity contribution is 0.660. The third-order valence-corrected chi connectivity index (χ3v) is 8.23. The van der Waals surface area contributed by atoms with Crippen LogP contribution in [0.2, 0.25) is 0 Å². The summed E-state index contributed by atoms with van der Waals surface area (Å²) < 4.78 is 6.68. The van der Waals surface area contributed by atoms with E-state index in [9.17, 15) is 0 Å². The number of fused-ring (bicyclic) bond motifs is 9. The van der Waals surface area contributed by atoms with Crippen LogP contribution < -0.4 is 0 Å². The molecule has 0 amide bonds. The largest absolute Gasteiger partial charge is 0.455 e. The standard InChI is InChI=1S/C35H24O/c1-35(2)30-14-8-7-13-26(30)28-19-24(15-16-31(28)35)27-18-23-11-5-6-12-25(23)33-29-17-21-9-3-4-10-22(21)20-32(29)36-34(27)33/h3-20H,1-2H3. The summed E-state index contributed by atoms with van der Waals surface area (Å²) in [4.78, 5) is 0. The molecule has 1 aliphatic carbocycles. The van der Waals surface area contributed by atoms with Gasteiger partial charge < -0.3 is 4.42 Å². The Morgan fingerprint density at radius 1 is 0.528 bits per heavy atom. The Morgan fingerprint density at radius 3 is 2.08 bits per heavy atom. The van der Waals surface area contributed by atoms with Gasteiger partial charge in [0, 0.05) is 21.8 Å². The lowest BCUT2D eigenvalue weighted by atomic mass is 9.82. The predicted molar refractivity (Wildman–Crippen MR) is 152 cm³/mol. The van der Waals surface area contributed by atoms with Gasteiger partial charge in [-0.25, -0.2) is 0 Å². The normalized spacial score (nSPS) is 14.1. The van der Waals surface area contributed by atoms with Crippen LogP contribution in [0.1, 0.15) is 25.0 Å². The van der Waals surface area contributed by atoms with Crippen molar-refractivity contribution in [2.45, 2.75) is 19.3 Å². The van der Waals surface area contributed by atoms with Crippen LogP contribution in [0.4, 0.5) is 0 Å². The molecule has 0 N–H and O–H groups in total. The van der Waals surface area contributed by atoms with Crippen molar-refractivity contribution in [3.63, 3.8) is 0 Å². The van der Waals surface area contributed by atoms with Crippen LogP contribution in [0.15, 0.2) is 114 Å². The van der Waals surface area contributed by atoms with Crippen molar-refractivity contribution in [2.75, 3.05) is 0 Å². The fourth-order valence-corrected chi connectivity index (χ4v) is 6.41. The number of benzene rings is 6. The van der Waals surface area contributed by atoms with Crippen molar-refractivity contribution in [3.8, 4) is 22.3 Å². The molecular formula is C35H24O. The number of rotatable bonds is 1. The highest BCUT2D eigenvalue weighted by molar-refractivity contribution is 6.24. The van der Waals surface area contributed by atoms with Crippen LogP contribution >= 0.6 is 0 Å². The molecular weight excluding hydrogens is 436 g/mol. The van der Waals surface area contributed by atoms with Crippen molar-refractivity contribution in [1.82, 2.24) is 0 Å². The Bertz CT molecular complexity index is 2020. The smallest absolute Gasteiger partial charge is 0.143 e. The van der Waals surface area contributed by atoms with Gasteiger partial charge in [-0.1, -0.05) is 98.8 Å². The Labute approximate surface area is 209 Å². The van der Waals surface area contributed by atoms with Gasteiger partial charge in [0.05, 0.1) is 0 Å². The van der Waals surface area contributed by atoms with Crippen molar-refractivity contribution in [3.05, 3.63) is 120 Å². The summed E-state index contributed by atoms with van der Waals surface area (Å²) in [5, 5.41) is 7.28. The molecule has 0 aliphatic heterocycles. The number of hydrogen-bond acceptors (Lipinski definition) is 1. The highest BCUT2D eigenvalue weighted by Crippen LogP contribution is 2.50. The zero-order valence-corrected chi connectivity index (χ0v) is 20.3. The molecule has 0 saturated heterocycles. The van der Waals surface area contributed by atoms with Gasteiger partial charge in [0.25, 0.3) is 0 Å². The summed E-state index contributed by atoms with van der Waals surface area (Å²) in [6, 6.07) is 39.8. The van der Waals surface area contributed by atoms with Gasteiger partial charge in [-0.05, 0) is 73.6 Å². The lowest BCUT2D eigenvalue weighted by Gasteiger charge is -2.21. The Morgan fingerprint density at radius 2 is 1.22 bits per heavy atom. The average molecular weight is 461 g/mol. The molecule has 1 nitrogen and oxygen atoms in total. The molecule has 1 heteroatoms. The average Bonchev–Trinajstić information content (AvgIpc) is 3.39. The minimum atomic E-state index is 0.00261. The van der Waals surface area contributed by atoms with Crippen LogP contribution in [0.3, 0.4) is 0 Å². The summed E-state index contributed by atoms with van der Waals surface area (Å²) in [6.07, 6.45) is 0. The second kappa shape index (κ2) is 6.86. The van der Waals surface area contributed by atoms with Crippen LogP contribution in [-0.2, 0) is 5.41 Å². The highest BCUT2D eigenvalue weighted by Gasteiger charge is 2.35. The molecule has 0 saturated carbocycles. The molecule has 7 aromatic rings. The van der Waals surface area contributed by atoms with E-state index >= 15 is 0 Å². The van der Waals surface area contributed by atoms with Crippen LogP contribution in [0.5, 0.6) is 0 Å². The maximum absolute atomic E-state index is 6.68. The molecule has 170 valence electrons. The zero-order chi connectivity index (χ0) is 24.0. The molecule has 1 heterocycles. The molecule has 0 fully saturated rings. The number of hydrogen-bond donors (Lipinski definition) is 0. The number of furan rings is 1. The van der Waals surface area contributed by atoms with Gasteiger partial charge in [0.1, 0.15) is 11.2 Å². The van der Waals surface area contributed by atoms with Crippen LogP contribution in [0.25, 0.3) is 65.7 Å². The molecule has 1 aliphatic rings. The Balaban J connectivity index is 1.48. The molecule has 0 bridgehead atoms. The second-order valence-electron chi connectivity index (χ2n) is 10.6. The molecule has 0 radical (unpaired) electrons. The van der Waals surface area contributed by atoms with Crippen molar-refractivity contribution in [1.29, 1.82) is 0 Å². The van der Waals surface area contributed by atoms with E-state index in [0.29, 0.717) is 0 Å². The first-order chi connectivity index (χ1) is 17.6. The summed E-state index contributed by atoms with van der Waals surface area (Å²) >= 11 is 0. The predicted octanol–water partition coefficient (Wildman–Crippen LogP) is 9.87. The van der Waals surface area contributed by atoms with E-state index in [1.54, 1.807) is 0 Å². The molecule has 0 spiro atoms. The summed E-state index contributed by atoms with van der Waals surface area (Å²) in [5.41, 5.74) is 9.70. The SMILES string of the molecule is CC1(C)c2ccccc2-c2cc(-c3cc4ccccc4c4c3oc3cc5ccccc5cc34)ccc21. The molecule has 1 aromatic heterocycles. The molecule has 0 atom stereocenters. The van der Waals surface area contributed by atoms with Gasteiger partial charge in [-0.3, -0.25) is 0 Å². The maximum Gasteiger partial charge on any atom is 0.143 e. The van der Waals surface area contributed by atoms with Crippen LogP contribution in [-0.4, -0.2) is 0 Å². The van der Waals surface area contributed by atoms with E-state index in [1.807, 2.05) is 0 Å². The monoisotopic (exact) mass is 460 g/mol. The van der Waals surface area contributed by atoms with Crippen LogP contribution in [0, 0.1) is 0 Å². The molecule has 6 aromatic carbocycles. The third kappa shape index (κ3) is 2.55. The fourth-order valence-electron chi connectivity index (χ4n) is 6.41. The Hall–Kier alpha value is -4.36. The maximum atomic E-state index is 6.68. The topological polar surface area (TPSA) is 13.1 Å². The van der Waals surface area contributed by atoms with Crippen molar-refractivity contribution in [2.24, 2.45) is 0 Å². The van der Waals surface area contributed by atoms with Crippen molar-refractivity contribution >= 4 is 43.5 Å². The van der Waals surface area contributed by atoms with E-state index in [-0.39, 0.29) is 5.41 Å². The summed E-state index contributed by atoms with van der Waals surface area (Å²) in [6.45, 7) is 4.66. The molecule has 36 heavy (non-hydrogen) atoms. The van der Waals surface area contributed by atoms with E-state index in [1.165, 1.54) is 60.1 Å². The highest BCUT2D eigenvalue weighted by atomic mass is 16.3. The minimum Gasteiger partial charge on any atom is -0.455 e. The van der Waals surface area contributed by atoms with Gasteiger partial charge in [-0.2, -0.15) is 0 Å². The van der Waals surface area contributed by atoms with Gasteiger partial charge >= 0.3 is 0 Å². The van der Waals surface area contributed by atoms with Crippen molar-refractivity contribution < 1.29 is 4.42 Å². The van der Waals surface area contributed by atoms with E-state index in [2.05, 4.69) is 123 Å². The first-order valence-electron chi connectivity index (χ1n) is 12.6. The van der Waals surface area contributed by atoms with E-state index in [0.717, 1.165) is 16.7 Å². The quantitative estimate of drug-likeness (QED) is 0.238. The summed E-state index contributed by atoms with van der Waals surface area (Å²) in [5.74, 6) is 0. The fraction of sp³-hybridized carbons (Fsp3) is 0.0857. The summed E-state index contributed by atoms with van der Waals surface area (Å²) in [7, 11) is 0. The first kappa shape index (κ1) is 19.9. The molecule has 0 unspecified atom stereocenters. The Kier molecular flexibility index (Phi) is 3.79. The first-order valence-corrected chi connectivity index (χ1v) is 12.6. The van der Waals surface area contributed by atoms with Gasteiger partial charge in [0.15, 0.2) is 0 Å². The van der Waals surface area contributed by atoms with E-state index in [4.69, 9.17) is 4.42 Å². The van der Waals surface area contributed by atoms with E-state index < -0.39 is 0 Å². The van der Waals surface area contributed by atoms with Gasteiger partial charge in [0.2, 0.25) is 0 Å².